The number of aliphatic carboxylic acids is 1. The first-order valence-electron chi connectivity index (χ1n) is 6.36. The number of carbonyl (C=O) groups excluding carboxylic acids is 1. The molecule has 1 heterocycles. The highest BCUT2D eigenvalue weighted by Gasteiger charge is 2.12. The molecule has 0 saturated carbocycles. The molecule has 1 aromatic carbocycles. The van der Waals surface area contributed by atoms with E-state index in [-0.39, 0.29) is 12.3 Å². The van der Waals surface area contributed by atoms with Crippen LogP contribution in [-0.4, -0.2) is 28.0 Å². The Morgan fingerprint density at radius 2 is 1.90 bits per heavy atom. The Morgan fingerprint density at radius 1 is 1.19 bits per heavy atom. The summed E-state index contributed by atoms with van der Waals surface area (Å²) in [4.78, 5) is 26.5. The molecule has 0 bridgehead atoms. The monoisotopic (exact) mass is 285 g/mol. The van der Waals surface area contributed by atoms with E-state index in [1.54, 1.807) is 48.7 Å². The number of hydrogen-bond donors (Lipinski definition) is 3. The van der Waals surface area contributed by atoms with Gasteiger partial charge in [0.1, 0.15) is 11.7 Å². The summed E-state index contributed by atoms with van der Waals surface area (Å²) in [6, 6.07) is 11.0. The summed E-state index contributed by atoms with van der Waals surface area (Å²) in [5.41, 5.74) is 7.20. The minimum atomic E-state index is -1.04. The summed E-state index contributed by atoms with van der Waals surface area (Å²) in [7, 11) is 0. The first-order valence-corrected chi connectivity index (χ1v) is 6.36. The first kappa shape index (κ1) is 14.7. The van der Waals surface area contributed by atoms with E-state index in [1.807, 2.05) is 0 Å². The average Bonchev–Trinajstić information content (AvgIpc) is 2.50. The van der Waals surface area contributed by atoms with Crippen LogP contribution >= 0.6 is 0 Å². The first-order chi connectivity index (χ1) is 10.1. The molecular formula is C15H15N3O3. The van der Waals surface area contributed by atoms with Gasteiger partial charge in [0, 0.05) is 11.9 Å². The lowest BCUT2D eigenvalue weighted by Crippen LogP contribution is -2.32. The van der Waals surface area contributed by atoms with Crippen LogP contribution < -0.4 is 11.1 Å². The van der Waals surface area contributed by atoms with Crippen molar-refractivity contribution in [3.8, 4) is 0 Å². The summed E-state index contributed by atoms with van der Waals surface area (Å²) in [5, 5.41) is 11.5. The van der Waals surface area contributed by atoms with E-state index in [1.165, 1.54) is 0 Å². The number of pyridine rings is 1. The fourth-order valence-electron chi connectivity index (χ4n) is 1.76. The predicted octanol–water partition coefficient (Wildman–Crippen LogP) is 1.29. The largest absolute Gasteiger partial charge is 0.480 e. The molecule has 0 aliphatic heterocycles. The van der Waals surface area contributed by atoms with Crippen molar-refractivity contribution in [2.45, 2.75) is 12.5 Å². The van der Waals surface area contributed by atoms with Crippen LogP contribution in [0.1, 0.15) is 16.1 Å². The Kier molecular flexibility index (Phi) is 4.63. The van der Waals surface area contributed by atoms with Crippen molar-refractivity contribution in [2.24, 2.45) is 5.73 Å². The molecule has 2 aromatic rings. The number of anilines is 1. The molecule has 0 saturated heterocycles. The molecule has 1 amide bonds. The van der Waals surface area contributed by atoms with Gasteiger partial charge in [-0.05, 0) is 36.2 Å². The Balaban J connectivity index is 2.00. The molecule has 4 N–H and O–H groups in total. The van der Waals surface area contributed by atoms with Gasteiger partial charge in [-0.2, -0.15) is 0 Å². The van der Waals surface area contributed by atoms with Crippen LogP contribution in [-0.2, 0) is 11.2 Å². The van der Waals surface area contributed by atoms with E-state index in [9.17, 15) is 9.59 Å². The number of carboxylic acid groups (broad SMARTS) is 1. The molecule has 108 valence electrons. The zero-order valence-corrected chi connectivity index (χ0v) is 11.2. The second-order valence-electron chi connectivity index (χ2n) is 4.51. The average molecular weight is 285 g/mol. The normalized spacial score (nSPS) is 11.7. The number of amides is 1. The van der Waals surface area contributed by atoms with E-state index in [0.29, 0.717) is 11.4 Å². The molecule has 1 atom stereocenters. The Labute approximate surface area is 121 Å². The molecule has 2 rings (SSSR count). The second kappa shape index (κ2) is 6.62. The van der Waals surface area contributed by atoms with Crippen molar-refractivity contribution in [2.75, 3.05) is 5.32 Å². The van der Waals surface area contributed by atoms with Crippen molar-refractivity contribution in [3.63, 3.8) is 0 Å². The van der Waals surface area contributed by atoms with Gasteiger partial charge in [-0.25, -0.2) is 0 Å². The van der Waals surface area contributed by atoms with Crippen molar-refractivity contribution in [3.05, 3.63) is 59.9 Å². The molecule has 6 heteroatoms. The van der Waals surface area contributed by atoms with Gasteiger partial charge >= 0.3 is 5.97 Å². The molecule has 0 fully saturated rings. The van der Waals surface area contributed by atoms with Crippen LogP contribution in [0.15, 0.2) is 48.7 Å². The fraction of sp³-hybridized carbons (Fsp3) is 0.133. The van der Waals surface area contributed by atoms with E-state index < -0.39 is 12.0 Å². The maximum Gasteiger partial charge on any atom is 0.320 e. The van der Waals surface area contributed by atoms with E-state index in [4.69, 9.17) is 10.8 Å². The molecule has 0 aliphatic rings. The number of aromatic nitrogens is 1. The molecule has 1 aromatic heterocycles. The van der Waals surface area contributed by atoms with Crippen molar-refractivity contribution < 1.29 is 14.7 Å². The number of carboxylic acids is 1. The molecule has 21 heavy (non-hydrogen) atoms. The number of carbonyl (C=O) groups is 2. The topological polar surface area (TPSA) is 105 Å². The highest BCUT2D eigenvalue weighted by molar-refractivity contribution is 6.02. The molecule has 0 aliphatic carbocycles. The van der Waals surface area contributed by atoms with Gasteiger partial charge < -0.3 is 16.2 Å². The van der Waals surface area contributed by atoms with Gasteiger partial charge in [0.2, 0.25) is 0 Å². The van der Waals surface area contributed by atoms with Crippen molar-refractivity contribution >= 4 is 17.6 Å². The minimum absolute atomic E-state index is 0.240. The Hall–Kier alpha value is -2.73. The number of hydrogen-bond acceptors (Lipinski definition) is 4. The van der Waals surface area contributed by atoms with Crippen LogP contribution in [0, 0.1) is 0 Å². The minimum Gasteiger partial charge on any atom is -0.480 e. The second-order valence-corrected chi connectivity index (χ2v) is 4.51. The van der Waals surface area contributed by atoms with E-state index >= 15 is 0 Å². The number of benzene rings is 1. The van der Waals surface area contributed by atoms with Crippen molar-refractivity contribution in [1.29, 1.82) is 0 Å². The van der Waals surface area contributed by atoms with Crippen LogP contribution in [0.2, 0.25) is 0 Å². The molecule has 0 radical (unpaired) electrons. The number of nitrogens with two attached hydrogens (primary N) is 1. The quantitative estimate of drug-likeness (QED) is 0.767. The van der Waals surface area contributed by atoms with E-state index in [0.717, 1.165) is 5.56 Å². The highest BCUT2D eigenvalue weighted by Crippen LogP contribution is 2.12. The molecular weight excluding hydrogens is 270 g/mol. The lowest BCUT2D eigenvalue weighted by atomic mass is 10.1. The van der Waals surface area contributed by atoms with E-state index in [2.05, 4.69) is 10.3 Å². The summed E-state index contributed by atoms with van der Waals surface area (Å²) < 4.78 is 0. The lowest BCUT2D eigenvalue weighted by molar-refractivity contribution is -0.138. The van der Waals surface area contributed by atoms with Gasteiger partial charge in [-0.15, -0.1) is 0 Å². The summed E-state index contributed by atoms with van der Waals surface area (Å²) in [6.45, 7) is 0. The molecule has 0 unspecified atom stereocenters. The number of nitrogens with zero attached hydrogens (tertiary/aromatic N) is 1. The molecule has 6 nitrogen and oxygen atoms in total. The SMILES string of the molecule is N[C@@H](Cc1ccc(NC(=O)c2ccccn2)cc1)C(=O)O. The highest BCUT2D eigenvalue weighted by atomic mass is 16.4. The van der Waals surface area contributed by atoms with Gasteiger partial charge in [0.25, 0.3) is 5.91 Å². The standard InChI is InChI=1S/C15H15N3O3/c16-12(15(20)21)9-10-4-6-11(7-5-10)18-14(19)13-3-1-2-8-17-13/h1-8,12H,9,16H2,(H,18,19)(H,20,21)/t12-/m0/s1. The summed E-state index contributed by atoms with van der Waals surface area (Å²) in [6.07, 6.45) is 1.79. The van der Waals surface area contributed by atoms with Crippen molar-refractivity contribution in [1.82, 2.24) is 4.98 Å². The van der Waals surface area contributed by atoms with Crippen LogP contribution in [0.4, 0.5) is 5.69 Å². The third kappa shape index (κ3) is 4.12. The fourth-order valence-corrected chi connectivity index (χ4v) is 1.76. The zero-order chi connectivity index (χ0) is 15.2. The Morgan fingerprint density at radius 3 is 2.48 bits per heavy atom. The van der Waals surface area contributed by atoms with Crippen LogP contribution in [0.5, 0.6) is 0 Å². The Bertz CT molecular complexity index is 626. The van der Waals surface area contributed by atoms with Crippen LogP contribution in [0.3, 0.4) is 0 Å². The predicted molar refractivity (Wildman–Crippen MR) is 77.9 cm³/mol. The maximum atomic E-state index is 11.9. The number of nitrogens with one attached hydrogen (secondary N) is 1. The van der Waals surface area contributed by atoms with Gasteiger partial charge in [-0.3, -0.25) is 14.6 Å². The maximum absolute atomic E-state index is 11.9. The van der Waals surface area contributed by atoms with Crippen LogP contribution in [0.25, 0.3) is 0 Å². The van der Waals surface area contributed by atoms with Gasteiger partial charge in [0.15, 0.2) is 0 Å². The lowest BCUT2D eigenvalue weighted by Gasteiger charge is -2.08. The molecule has 0 spiro atoms. The third-order valence-corrected chi connectivity index (χ3v) is 2.88. The van der Waals surface area contributed by atoms with Gasteiger partial charge in [0.05, 0.1) is 0 Å². The van der Waals surface area contributed by atoms with Gasteiger partial charge in [-0.1, -0.05) is 18.2 Å². The third-order valence-electron chi connectivity index (χ3n) is 2.88. The smallest absolute Gasteiger partial charge is 0.320 e. The number of rotatable bonds is 5. The summed E-state index contributed by atoms with van der Waals surface area (Å²) in [5.74, 6) is -1.34. The summed E-state index contributed by atoms with van der Waals surface area (Å²) >= 11 is 0. The zero-order valence-electron chi connectivity index (χ0n) is 11.2.